The third-order valence-corrected chi connectivity index (χ3v) is 7.32. The number of amides is 2. The highest BCUT2D eigenvalue weighted by molar-refractivity contribution is 8.00. The SMILES string of the molecule is COC(=O)c1sc(NC(=O)c2ccccc2SCC(=O)NCC2CCCCC2)nc1C. The number of benzene rings is 1. The molecule has 31 heavy (non-hydrogen) atoms. The van der Waals surface area contributed by atoms with Crippen LogP contribution in [0.25, 0.3) is 0 Å². The van der Waals surface area contributed by atoms with Gasteiger partial charge in [-0.05, 0) is 37.8 Å². The van der Waals surface area contributed by atoms with E-state index in [0.717, 1.165) is 17.9 Å². The van der Waals surface area contributed by atoms with Crippen LogP contribution < -0.4 is 10.6 Å². The van der Waals surface area contributed by atoms with Gasteiger partial charge >= 0.3 is 5.97 Å². The maximum atomic E-state index is 12.8. The van der Waals surface area contributed by atoms with Crippen molar-refractivity contribution in [1.29, 1.82) is 0 Å². The molecule has 1 aliphatic carbocycles. The Bertz CT molecular complexity index is 939. The quantitative estimate of drug-likeness (QED) is 0.450. The largest absolute Gasteiger partial charge is 0.465 e. The Kier molecular flexibility index (Phi) is 8.48. The van der Waals surface area contributed by atoms with E-state index in [1.807, 2.05) is 12.1 Å². The number of carbonyl (C=O) groups excluding carboxylic acids is 3. The lowest BCUT2D eigenvalue weighted by Gasteiger charge is -2.21. The average molecular weight is 462 g/mol. The topological polar surface area (TPSA) is 97.4 Å². The van der Waals surface area contributed by atoms with Gasteiger partial charge in [0.1, 0.15) is 4.88 Å². The van der Waals surface area contributed by atoms with Gasteiger partial charge in [-0.15, -0.1) is 11.8 Å². The van der Waals surface area contributed by atoms with Crippen LogP contribution in [-0.2, 0) is 9.53 Å². The molecular formula is C22H27N3O4S2. The first-order valence-corrected chi connectivity index (χ1v) is 12.1. The minimum absolute atomic E-state index is 0.0240. The second-order valence-electron chi connectivity index (χ2n) is 7.47. The van der Waals surface area contributed by atoms with Crippen molar-refractivity contribution in [2.24, 2.45) is 5.92 Å². The summed E-state index contributed by atoms with van der Waals surface area (Å²) in [6, 6.07) is 7.14. The maximum absolute atomic E-state index is 12.8. The van der Waals surface area contributed by atoms with Crippen molar-refractivity contribution >= 4 is 46.0 Å². The van der Waals surface area contributed by atoms with Gasteiger partial charge in [-0.1, -0.05) is 42.7 Å². The molecule has 0 radical (unpaired) electrons. The number of carbonyl (C=O) groups is 3. The summed E-state index contributed by atoms with van der Waals surface area (Å²) in [5.74, 6) is -0.0112. The van der Waals surface area contributed by atoms with Gasteiger partial charge in [0.25, 0.3) is 5.91 Å². The van der Waals surface area contributed by atoms with Crippen LogP contribution in [-0.4, -0.2) is 42.2 Å². The fraction of sp³-hybridized carbons (Fsp3) is 0.455. The number of rotatable bonds is 8. The zero-order chi connectivity index (χ0) is 22.2. The molecule has 3 rings (SSSR count). The lowest BCUT2D eigenvalue weighted by Crippen LogP contribution is -2.31. The minimum Gasteiger partial charge on any atom is -0.465 e. The third kappa shape index (κ3) is 6.54. The number of aromatic nitrogens is 1. The summed E-state index contributed by atoms with van der Waals surface area (Å²) in [4.78, 5) is 42.1. The summed E-state index contributed by atoms with van der Waals surface area (Å²) in [5, 5.41) is 6.09. The molecule has 1 heterocycles. The fourth-order valence-corrected chi connectivity index (χ4v) is 5.28. The maximum Gasteiger partial charge on any atom is 0.350 e. The monoisotopic (exact) mass is 461 g/mol. The van der Waals surface area contributed by atoms with Crippen LogP contribution in [0.15, 0.2) is 29.2 Å². The van der Waals surface area contributed by atoms with E-state index in [1.165, 1.54) is 51.0 Å². The highest BCUT2D eigenvalue weighted by Crippen LogP contribution is 2.27. The first-order valence-electron chi connectivity index (χ1n) is 10.3. The smallest absolute Gasteiger partial charge is 0.350 e. The molecule has 9 heteroatoms. The van der Waals surface area contributed by atoms with Gasteiger partial charge in [0, 0.05) is 11.4 Å². The molecule has 2 aromatic rings. The molecule has 1 aromatic heterocycles. The molecule has 1 aliphatic rings. The minimum atomic E-state index is -0.481. The molecular weight excluding hydrogens is 434 g/mol. The van der Waals surface area contributed by atoms with Crippen molar-refractivity contribution in [3.05, 3.63) is 40.4 Å². The standard InChI is InChI=1S/C22H27N3O4S2/c1-14-19(21(28)29-2)31-22(24-14)25-20(27)16-10-6-7-11-17(16)30-13-18(26)23-12-15-8-4-3-5-9-15/h6-7,10-11,15H,3-5,8-9,12-13H2,1-2H3,(H,23,26)(H,24,25,27). The summed E-state index contributed by atoms with van der Waals surface area (Å²) in [6.07, 6.45) is 6.16. The van der Waals surface area contributed by atoms with Crippen LogP contribution in [0.2, 0.25) is 0 Å². The second kappa shape index (κ2) is 11.3. The number of thiazole rings is 1. The molecule has 0 aliphatic heterocycles. The van der Waals surface area contributed by atoms with E-state index >= 15 is 0 Å². The number of methoxy groups -OCH3 is 1. The molecule has 2 amide bonds. The van der Waals surface area contributed by atoms with Crippen molar-refractivity contribution in [3.63, 3.8) is 0 Å². The summed E-state index contributed by atoms with van der Waals surface area (Å²) in [6.45, 7) is 2.42. The van der Waals surface area contributed by atoms with Gasteiger partial charge in [-0.3, -0.25) is 14.9 Å². The van der Waals surface area contributed by atoms with Crippen molar-refractivity contribution in [2.45, 2.75) is 43.9 Å². The highest BCUT2D eigenvalue weighted by atomic mass is 32.2. The van der Waals surface area contributed by atoms with Crippen LogP contribution in [0.5, 0.6) is 0 Å². The first-order chi connectivity index (χ1) is 15.0. The molecule has 0 bridgehead atoms. The van der Waals surface area contributed by atoms with Crippen molar-refractivity contribution in [1.82, 2.24) is 10.3 Å². The number of hydrogen-bond donors (Lipinski definition) is 2. The molecule has 1 saturated carbocycles. The number of anilines is 1. The number of thioether (sulfide) groups is 1. The number of nitrogens with one attached hydrogen (secondary N) is 2. The van der Waals surface area contributed by atoms with E-state index in [1.54, 1.807) is 19.1 Å². The molecule has 1 aromatic carbocycles. The Morgan fingerprint density at radius 3 is 2.68 bits per heavy atom. The van der Waals surface area contributed by atoms with Crippen LogP contribution in [0.1, 0.15) is 57.8 Å². The Labute approximate surface area is 190 Å². The number of esters is 1. The molecule has 2 N–H and O–H groups in total. The summed E-state index contributed by atoms with van der Waals surface area (Å²) in [5.41, 5.74) is 0.962. The van der Waals surface area contributed by atoms with E-state index in [4.69, 9.17) is 4.74 Å². The Hall–Kier alpha value is -2.39. The molecule has 0 atom stereocenters. The molecule has 0 spiro atoms. The van der Waals surface area contributed by atoms with Gasteiger partial charge < -0.3 is 10.1 Å². The number of aryl methyl sites for hydroxylation is 1. The van der Waals surface area contributed by atoms with E-state index < -0.39 is 5.97 Å². The number of nitrogens with zero attached hydrogens (tertiary/aromatic N) is 1. The fourth-order valence-electron chi connectivity index (χ4n) is 3.52. The summed E-state index contributed by atoms with van der Waals surface area (Å²) < 4.78 is 4.73. The first kappa shape index (κ1) is 23.3. The van der Waals surface area contributed by atoms with Gasteiger partial charge in [0.2, 0.25) is 5.91 Å². The van der Waals surface area contributed by atoms with Crippen LogP contribution in [0.3, 0.4) is 0 Å². The zero-order valence-electron chi connectivity index (χ0n) is 17.7. The van der Waals surface area contributed by atoms with Crippen LogP contribution in [0.4, 0.5) is 5.13 Å². The summed E-state index contributed by atoms with van der Waals surface area (Å²) in [7, 11) is 1.30. The van der Waals surface area contributed by atoms with Gasteiger partial charge in [0.15, 0.2) is 5.13 Å². The van der Waals surface area contributed by atoms with Crippen molar-refractivity contribution < 1.29 is 19.1 Å². The van der Waals surface area contributed by atoms with Crippen LogP contribution >= 0.6 is 23.1 Å². The Morgan fingerprint density at radius 1 is 1.19 bits per heavy atom. The van der Waals surface area contributed by atoms with Crippen LogP contribution in [0, 0.1) is 12.8 Å². The number of ether oxygens (including phenoxy) is 1. The van der Waals surface area contributed by atoms with E-state index in [2.05, 4.69) is 15.6 Å². The number of hydrogen-bond acceptors (Lipinski definition) is 7. The van der Waals surface area contributed by atoms with Crippen molar-refractivity contribution in [2.75, 3.05) is 24.7 Å². The predicted octanol–water partition coefficient (Wildman–Crippen LogP) is 4.28. The Morgan fingerprint density at radius 2 is 1.94 bits per heavy atom. The Balaban J connectivity index is 1.57. The average Bonchev–Trinajstić information content (AvgIpc) is 3.16. The second-order valence-corrected chi connectivity index (χ2v) is 9.49. The molecule has 166 valence electrons. The summed E-state index contributed by atoms with van der Waals surface area (Å²) >= 11 is 2.40. The molecule has 0 unspecified atom stereocenters. The van der Waals surface area contributed by atoms with Gasteiger partial charge in [-0.25, -0.2) is 9.78 Å². The van der Waals surface area contributed by atoms with E-state index in [9.17, 15) is 14.4 Å². The third-order valence-electron chi connectivity index (χ3n) is 5.19. The van der Waals surface area contributed by atoms with Gasteiger partial charge in [-0.2, -0.15) is 0 Å². The van der Waals surface area contributed by atoms with Crippen molar-refractivity contribution in [3.8, 4) is 0 Å². The van der Waals surface area contributed by atoms with E-state index in [-0.39, 0.29) is 17.6 Å². The lowest BCUT2D eigenvalue weighted by atomic mass is 9.89. The lowest BCUT2D eigenvalue weighted by molar-refractivity contribution is -0.118. The normalized spacial score (nSPS) is 14.1. The molecule has 7 nitrogen and oxygen atoms in total. The predicted molar refractivity (Wildman–Crippen MR) is 123 cm³/mol. The molecule has 1 fully saturated rings. The zero-order valence-corrected chi connectivity index (χ0v) is 19.4. The highest BCUT2D eigenvalue weighted by Gasteiger charge is 2.19. The molecule has 0 saturated heterocycles. The van der Waals surface area contributed by atoms with E-state index in [0.29, 0.717) is 32.1 Å². The van der Waals surface area contributed by atoms with Gasteiger partial charge in [0.05, 0.1) is 24.1 Å².